The summed E-state index contributed by atoms with van der Waals surface area (Å²) in [4.78, 5) is -0.0500. The maximum absolute atomic E-state index is 13.0. The smallest absolute Gasteiger partial charge is 0.222 e. The van der Waals surface area contributed by atoms with Gasteiger partial charge in [-0.05, 0) is 55.7 Å². The molecule has 0 bridgehead atoms. The zero-order valence-electron chi connectivity index (χ0n) is 13.8. The summed E-state index contributed by atoms with van der Waals surface area (Å²) >= 11 is 0. The molecule has 0 aliphatic carbocycles. The van der Waals surface area contributed by atoms with Crippen LogP contribution in [0.4, 0.5) is 13.2 Å². The number of halogens is 3. The highest BCUT2D eigenvalue weighted by Gasteiger charge is 2.36. The molecule has 132 valence electrons. The van der Waals surface area contributed by atoms with Crippen LogP contribution in [0.15, 0.2) is 47.4 Å². The molecule has 0 radical (unpaired) electrons. The Morgan fingerprint density at radius 2 is 1.48 bits per heavy atom. The van der Waals surface area contributed by atoms with Gasteiger partial charge in [0, 0.05) is 0 Å². The Bertz CT molecular complexity index is 938. The van der Waals surface area contributed by atoms with E-state index < -0.39 is 26.3 Å². The Labute approximate surface area is 144 Å². The van der Waals surface area contributed by atoms with Crippen LogP contribution in [0.1, 0.15) is 25.0 Å². The van der Waals surface area contributed by atoms with Gasteiger partial charge in [0.1, 0.15) is 0 Å². The van der Waals surface area contributed by atoms with Gasteiger partial charge in [-0.2, -0.15) is 18.4 Å². The van der Waals surface area contributed by atoms with E-state index in [4.69, 9.17) is 5.26 Å². The lowest BCUT2D eigenvalue weighted by molar-refractivity contribution is -0.138. The molecule has 25 heavy (non-hydrogen) atoms. The Kier molecular flexibility index (Phi) is 4.71. The first-order valence-corrected chi connectivity index (χ1v) is 8.82. The van der Waals surface area contributed by atoms with Gasteiger partial charge in [-0.15, -0.1) is 0 Å². The first-order valence-electron chi connectivity index (χ1n) is 7.34. The van der Waals surface area contributed by atoms with Gasteiger partial charge >= 0.3 is 6.18 Å². The summed E-state index contributed by atoms with van der Waals surface area (Å²) in [5.74, 6) is 0. The second kappa shape index (κ2) is 6.19. The first kappa shape index (κ1) is 19.0. The summed E-state index contributed by atoms with van der Waals surface area (Å²) < 4.78 is 62.3. The van der Waals surface area contributed by atoms with Crippen LogP contribution in [0.5, 0.6) is 0 Å². The van der Waals surface area contributed by atoms with Crippen LogP contribution in [0.3, 0.4) is 0 Å². The molecule has 0 atom stereocenters. The fourth-order valence-corrected chi connectivity index (χ4v) is 3.49. The molecule has 0 N–H and O–H groups in total. The third kappa shape index (κ3) is 3.54. The van der Waals surface area contributed by atoms with Crippen LogP contribution < -0.4 is 0 Å². The quantitative estimate of drug-likeness (QED) is 0.786. The highest BCUT2D eigenvalue weighted by molar-refractivity contribution is 7.93. The molecular weight excluding hydrogens is 351 g/mol. The van der Waals surface area contributed by atoms with Crippen molar-refractivity contribution in [2.24, 2.45) is 0 Å². The third-order valence-corrected chi connectivity index (χ3v) is 6.31. The lowest BCUT2D eigenvalue weighted by atomic mass is 9.99. The molecule has 0 fully saturated rings. The van der Waals surface area contributed by atoms with Crippen LogP contribution in [-0.2, 0) is 16.0 Å². The Morgan fingerprint density at radius 3 is 1.96 bits per heavy atom. The molecule has 7 heteroatoms. The number of benzene rings is 2. The zero-order chi connectivity index (χ0) is 19.0. The largest absolute Gasteiger partial charge is 0.416 e. The van der Waals surface area contributed by atoms with Gasteiger partial charge in [0.25, 0.3) is 0 Å². The molecule has 0 spiro atoms. The van der Waals surface area contributed by atoms with E-state index in [1.807, 2.05) is 0 Å². The predicted octanol–water partition coefficient (Wildman–Crippen LogP) is 4.76. The molecule has 0 heterocycles. The minimum absolute atomic E-state index is 0.0500. The predicted molar refractivity (Wildman–Crippen MR) is 88.5 cm³/mol. The summed E-state index contributed by atoms with van der Waals surface area (Å²) in [5, 5.41) is 9.02. The summed E-state index contributed by atoms with van der Waals surface area (Å²) in [7, 11) is -3.87. The lowest BCUT2D eigenvalue weighted by Crippen LogP contribution is -2.29. The third-order valence-electron chi connectivity index (χ3n) is 3.98. The van der Waals surface area contributed by atoms with Crippen molar-refractivity contribution in [3.63, 3.8) is 0 Å². The van der Waals surface area contributed by atoms with Crippen LogP contribution in [0.25, 0.3) is 11.1 Å². The van der Waals surface area contributed by atoms with Crippen molar-refractivity contribution in [1.82, 2.24) is 0 Å². The summed E-state index contributed by atoms with van der Waals surface area (Å²) in [6, 6.07) is 11.2. The first-order chi connectivity index (χ1) is 11.4. The average Bonchev–Trinajstić information content (AvgIpc) is 2.54. The molecule has 0 amide bonds. The van der Waals surface area contributed by atoms with Crippen LogP contribution in [0.2, 0.25) is 0 Å². The molecule has 0 unspecified atom stereocenters. The maximum atomic E-state index is 13.0. The summed E-state index contributed by atoms with van der Waals surface area (Å²) in [5.41, 5.74) is 0.180. The fourth-order valence-electron chi connectivity index (χ4n) is 2.29. The number of alkyl halides is 3. The van der Waals surface area contributed by atoms with Crippen LogP contribution in [0, 0.1) is 18.3 Å². The standard InChI is InChI=1S/C18H16F3NO2S/c1-12-4-5-14(10-16(12)18(19,20)21)13-6-8-15(9-7-13)25(23,24)17(2,3)11-22/h4-10H,1-3H3. The minimum atomic E-state index is -4.46. The molecule has 0 aliphatic rings. The van der Waals surface area contributed by atoms with E-state index in [-0.39, 0.29) is 10.5 Å². The topological polar surface area (TPSA) is 57.9 Å². The Morgan fingerprint density at radius 1 is 0.960 bits per heavy atom. The molecule has 0 saturated carbocycles. The van der Waals surface area contributed by atoms with E-state index in [1.165, 1.54) is 51.1 Å². The monoisotopic (exact) mass is 367 g/mol. The van der Waals surface area contributed by atoms with Gasteiger partial charge < -0.3 is 0 Å². The number of rotatable bonds is 3. The maximum Gasteiger partial charge on any atom is 0.416 e. The van der Waals surface area contributed by atoms with Gasteiger partial charge in [0.2, 0.25) is 0 Å². The summed E-state index contributed by atoms with van der Waals surface area (Å²) in [6.07, 6.45) is -4.46. The minimum Gasteiger partial charge on any atom is -0.222 e. The number of aryl methyl sites for hydroxylation is 1. The van der Waals surface area contributed by atoms with Gasteiger partial charge in [-0.1, -0.05) is 24.3 Å². The second-order valence-electron chi connectivity index (χ2n) is 6.18. The van der Waals surface area contributed by atoms with Crippen molar-refractivity contribution in [2.45, 2.75) is 36.6 Å². The SMILES string of the molecule is Cc1ccc(-c2ccc(S(=O)(=O)C(C)(C)C#N)cc2)cc1C(F)(F)F. The Hall–Kier alpha value is -2.33. The number of sulfone groups is 1. The number of nitrogens with zero attached hydrogens (tertiary/aromatic N) is 1. The van der Waals surface area contributed by atoms with E-state index in [0.717, 1.165) is 6.07 Å². The van der Waals surface area contributed by atoms with Crippen LogP contribution >= 0.6 is 0 Å². The molecule has 0 aliphatic heterocycles. The van der Waals surface area contributed by atoms with Crippen molar-refractivity contribution in [3.8, 4) is 17.2 Å². The van der Waals surface area contributed by atoms with E-state index in [9.17, 15) is 21.6 Å². The van der Waals surface area contributed by atoms with E-state index in [1.54, 1.807) is 12.1 Å². The van der Waals surface area contributed by atoms with E-state index >= 15 is 0 Å². The van der Waals surface area contributed by atoms with Gasteiger partial charge in [0.15, 0.2) is 14.6 Å². The average molecular weight is 367 g/mol. The molecular formula is C18H16F3NO2S. The van der Waals surface area contributed by atoms with Gasteiger partial charge in [-0.25, -0.2) is 8.42 Å². The van der Waals surface area contributed by atoms with Crippen molar-refractivity contribution in [2.75, 3.05) is 0 Å². The van der Waals surface area contributed by atoms with Crippen molar-refractivity contribution in [3.05, 3.63) is 53.6 Å². The molecule has 2 aromatic carbocycles. The number of nitriles is 1. The molecule has 0 saturated heterocycles. The summed E-state index contributed by atoms with van der Waals surface area (Å²) in [6.45, 7) is 3.98. The van der Waals surface area contributed by atoms with Gasteiger partial charge in [0.05, 0.1) is 16.5 Å². The van der Waals surface area contributed by atoms with E-state index in [2.05, 4.69) is 0 Å². The normalized spacial score (nSPS) is 12.7. The molecule has 0 aromatic heterocycles. The van der Waals surface area contributed by atoms with Crippen LogP contribution in [-0.4, -0.2) is 13.2 Å². The van der Waals surface area contributed by atoms with Crippen molar-refractivity contribution in [1.29, 1.82) is 5.26 Å². The lowest BCUT2D eigenvalue weighted by Gasteiger charge is -2.17. The number of hydrogen-bond donors (Lipinski definition) is 0. The second-order valence-corrected chi connectivity index (χ2v) is 8.68. The Balaban J connectivity index is 2.48. The van der Waals surface area contributed by atoms with Crippen molar-refractivity contribution >= 4 is 9.84 Å². The molecule has 2 rings (SSSR count). The highest BCUT2D eigenvalue weighted by atomic mass is 32.2. The highest BCUT2D eigenvalue weighted by Crippen LogP contribution is 2.35. The van der Waals surface area contributed by atoms with Crippen molar-refractivity contribution < 1.29 is 21.6 Å². The molecule has 2 aromatic rings. The van der Waals surface area contributed by atoms with E-state index in [0.29, 0.717) is 11.1 Å². The number of hydrogen-bond acceptors (Lipinski definition) is 3. The van der Waals surface area contributed by atoms with Gasteiger partial charge in [-0.3, -0.25) is 0 Å². The fraction of sp³-hybridized carbons (Fsp3) is 0.278. The molecule has 3 nitrogen and oxygen atoms in total. The zero-order valence-corrected chi connectivity index (χ0v) is 14.7.